The van der Waals surface area contributed by atoms with Gasteiger partial charge < -0.3 is 10.2 Å². The number of carbonyl (C=O) groups excluding carboxylic acids is 2. The summed E-state index contributed by atoms with van der Waals surface area (Å²) in [5.74, 6) is -0.801. The average Bonchev–Trinajstić information content (AvgIpc) is 2.32. The van der Waals surface area contributed by atoms with Crippen LogP contribution >= 0.6 is 22.6 Å². The summed E-state index contributed by atoms with van der Waals surface area (Å²) in [7, 11) is 0. The van der Waals surface area contributed by atoms with Gasteiger partial charge in [-0.3, -0.25) is 9.59 Å². The minimum Gasteiger partial charge on any atom is -0.352 e. The summed E-state index contributed by atoms with van der Waals surface area (Å²) in [6, 6.07) is 4.03. The lowest BCUT2D eigenvalue weighted by Gasteiger charge is -2.41. The summed E-state index contributed by atoms with van der Waals surface area (Å²) in [6.07, 6.45) is 0. The number of carbonyl (C=O) groups is 2. The molecule has 0 radical (unpaired) electrons. The van der Waals surface area contributed by atoms with Gasteiger partial charge in [-0.15, -0.1) is 0 Å². The second kappa shape index (κ2) is 5.07. The standard InChI is InChI=1S/C13H14FIN2O2/c1-13(2)12(19)16-5-6-17(13)11(18)9-4-3-8(14)7-10(9)15/h3-4,7H,5-6H2,1-2H3,(H,16,19). The van der Waals surface area contributed by atoms with E-state index in [-0.39, 0.29) is 17.6 Å². The van der Waals surface area contributed by atoms with Gasteiger partial charge in [0.1, 0.15) is 11.4 Å². The van der Waals surface area contributed by atoms with E-state index in [0.29, 0.717) is 22.2 Å². The molecular formula is C13H14FIN2O2. The van der Waals surface area contributed by atoms with E-state index in [4.69, 9.17) is 0 Å². The fourth-order valence-electron chi connectivity index (χ4n) is 2.06. The molecule has 1 heterocycles. The lowest BCUT2D eigenvalue weighted by molar-refractivity contribution is -0.133. The van der Waals surface area contributed by atoms with Crippen LogP contribution in [-0.4, -0.2) is 35.3 Å². The van der Waals surface area contributed by atoms with E-state index >= 15 is 0 Å². The SMILES string of the molecule is CC1(C)C(=O)NCCN1C(=O)c1ccc(F)cc1I. The Morgan fingerprint density at radius 1 is 1.47 bits per heavy atom. The molecule has 2 rings (SSSR count). The molecule has 0 saturated carbocycles. The first-order chi connectivity index (χ1) is 8.84. The number of benzene rings is 1. The second-order valence-electron chi connectivity index (χ2n) is 4.90. The number of piperazine rings is 1. The summed E-state index contributed by atoms with van der Waals surface area (Å²) >= 11 is 1.93. The molecule has 1 aromatic carbocycles. The van der Waals surface area contributed by atoms with Gasteiger partial charge in [0.25, 0.3) is 5.91 Å². The van der Waals surface area contributed by atoms with E-state index in [9.17, 15) is 14.0 Å². The maximum atomic E-state index is 13.1. The van der Waals surface area contributed by atoms with Gasteiger partial charge in [0.05, 0.1) is 5.56 Å². The van der Waals surface area contributed by atoms with Crippen molar-refractivity contribution < 1.29 is 14.0 Å². The van der Waals surface area contributed by atoms with Crippen LogP contribution in [0.3, 0.4) is 0 Å². The summed E-state index contributed by atoms with van der Waals surface area (Å²) in [5, 5.41) is 2.74. The number of nitrogens with zero attached hydrogens (tertiary/aromatic N) is 1. The zero-order valence-corrected chi connectivity index (χ0v) is 12.8. The second-order valence-corrected chi connectivity index (χ2v) is 6.06. The van der Waals surface area contributed by atoms with Crippen molar-refractivity contribution in [2.75, 3.05) is 13.1 Å². The van der Waals surface area contributed by atoms with Crippen LogP contribution in [0, 0.1) is 9.39 Å². The van der Waals surface area contributed by atoms with Gasteiger partial charge in [-0.2, -0.15) is 0 Å². The summed E-state index contributed by atoms with van der Waals surface area (Å²) < 4.78 is 13.6. The van der Waals surface area contributed by atoms with Crippen molar-refractivity contribution in [2.45, 2.75) is 19.4 Å². The van der Waals surface area contributed by atoms with Crippen LogP contribution in [0.4, 0.5) is 4.39 Å². The van der Waals surface area contributed by atoms with Crippen LogP contribution in [0.15, 0.2) is 18.2 Å². The molecule has 102 valence electrons. The normalized spacial score (nSPS) is 18.1. The van der Waals surface area contributed by atoms with Gasteiger partial charge in [-0.1, -0.05) is 0 Å². The van der Waals surface area contributed by atoms with Gasteiger partial charge in [0, 0.05) is 16.7 Å². The molecule has 1 saturated heterocycles. The van der Waals surface area contributed by atoms with Crippen molar-refractivity contribution in [3.8, 4) is 0 Å². The van der Waals surface area contributed by atoms with Gasteiger partial charge >= 0.3 is 0 Å². The monoisotopic (exact) mass is 376 g/mol. The molecule has 1 aliphatic rings. The number of nitrogens with one attached hydrogen (secondary N) is 1. The van der Waals surface area contributed by atoms with E-state index in [1.807, 2.05) is 22.6 Å². The molecule has 2 amide bonds. The minimum absolute atomic E-state index is 0.177. The lowest BCUT2D eigenvalue weighted by Crippen LogP contribution is -2.63. The number of halogens is 2. The van der Waals surface area contributed by atoms with Crippen molar-refractivity contribution in [1.82, 2.24) is 10.2 Å². The predicted octanol–water partition coefficient (Wildman–Crippen LogP) is 1.78. The third-order valence-corrected chi connectivity index (χ3v) is 4.15. The first-order valence-electron chi connectivity index (χ1n) is 5.89. The molecule has 0 atom stereocenters. The fraction of sp³-hybridized carbons (Fsp3) is 0.385. The Bertz CT molecular complexity index is 545. The highest BCUT2D eigenvalue weighted by atomic mass is 127. The molecule has 0 bridgehead atoms. The van der Waals surface area contributed by atoms with E-state index in [1.165, 1.54) is 23.1 Å². The molecule has 4 nitrogen and oxygen atoms in total. The van der Waals surface area contributed by atoms with E-state index in [0.717, 1.165) is 0 Å². The highest BCUT2D eigenvalue weighted by Crippen LogP contribution is 2.23. The van der Waals surface area contributed by atoms with Crippen molar-refractivity contribution >= 4 is 34.4 Å². The average molecular weight is 376 g/mol. The maximum absolute atomic E-state index is 13.1. The van der Waals surface area contributed by atoms with Crippen molar-refractivity contribution in [3.63, 3.8) is 0 Å². The van der Waals surface area contributed by atoms with Crippen LogP contribution in [0.1, 0.15) is 24.2 Å². The number of rotatable bonds is 1. The molecule has 1 N–H and O–H groups in total. The fourth-order valence-corrected chi connectivity index (χ4v) is 2.77. The highest BCUT2D eigenvalue weighted by molar-refractivity contribution is 14.1. The van der Waals surface area contributed by atoms with E-state index in [1.54, 1.807) is 13.8 Å². The Labute approximate surface area is 124 Å². The summed E-state index contributed by atoms with van der Waals surface area (Å²) in [4.78, 5) is 25.9. The molecule has 1 fully saturated rings. The molecule has 0 spiro atoms. The van der Waals surface area contributed by atoms with Crippen LogP contribution < -0.4 is 5.32 Å². The Kier molecular flexibility index (Phi) is 3.80. The molecule has 0 aromatic heterocycles. The molecular weight excluding hydrogens is 362 g/mol. The van der Waals surface area contributed by atoms with Gasteiger partial charge in [-0.25, -0.2) is 4.39 Å². The van der Waals surface area contributed by atoms with Gasteiger partial charge in [0.2, 0.25) is 5.91 Å². The third kappa shape index (κ3) is 2.58. The van der Waals surface area contributed by atoms with Crippen molar-refractivity contribution in [3.05, 3.63) is 33.1 Å². The third-order valence-electron chi connectivity index (χ3n) is 3.26. The summed E-state index contributed by atoms with van der Waals surface area (Å²) in [6.45, 7) is 4.29. The van der Waals surface area contributed by atoms with Crippen LogP contribution in [0.5, 0.6) is 0 Å². The van der Waals surface area contributed by atoms with Crippen molar-refractivity contribution in [1.29, 1.82) is 0 Å². The zero-order valence-electron chi connectivity index (χ0n) is 10.7. The van der Waals surface area contributed by atoms with E-state index < -0.39 is 5.54 Å². The molecule has 19 heavy (non-hydrogen) atoms. The lowest BCUT2D eigenvalue weighted by atomic mass is 9.97. The maximum Gasteiger partial charge on any atom is 0.255 e. The smallest absolute Gasteiger partial charge is 0.255 e. The Hall–Kier alpha value is -1.18. The molecule has 0 unspecified atom stereocenters. The Morgan fingerprint density at radius 2 is 2.16 bits per heavy atom. The minimum atomic E-state index is -0.896. The Morgan fingerprint density at radius 3 is 2.79 bits per heavy atom. The highest BCUT2D eigenvalue weighted by Gasteiger charge is 2.41. The molecule has 1 aromatic rings. The van der Waals surface area contributed by atoms with E-state index in [2.05, 4.69) is 5.32 Å². The predicted molar refractivity (Wildman–Crippen MR) is 77.2 cm³/mol. The van der Waals surface area contributed by atoms with Crippen LogP contribution in [-0.2, 0) is 4.79 Å². The first kappa shape index (κ1) is 14.2. The van der Waals surface area contributed by atoms with Crippen molar-refractivity contribution in [2.24, 2.45) is 0 Å². The molecule has 0 aliphatic carbocycles. The van der Waals surface area contributed by atoms with Gasteiger partial charge in [-0.05, 0) is 54.6 Å². The zero-order chi connectivity index (χ0) is 14.2. The number of amides is 2. The molecule has 1 aliphatic heterocycles. The number of hydrogen-bond donors (Lipinski definition) is 1. The topological polar surface area (TPSA) is 49.4 Å². The van der Waals surface area contributed by atoms with Crippen LogP contribution in [0.25, 0.3) is 0 Å². The first-order valence-corrected chi connectivity index (χ1v) is 6.97. The quantitative estimate of drug-likeness (QED) is 0.760. The largest absolute Gasteiger partial charge is 0.352 e. The summed E-state index contributed by atoms with van der Waals surface area (Å²) in [5.41, 5.74) is -0.475. The van der Waals surface area contributed by atoms with Gasteiger partial charge in [0.15, 0.2) is 0 Å². The number of hydrogen-bond acceptors (Lipinski definition) is 2. The molecule has 6 heteroatoms. The Balaban J connectivity index is 2.35. The van der Waals surface area contributed by atoms with Crippen LogP contribution in [0.2, 0.25) is 0 Å².